The number of rotatable bonds is 5. The van der Waals surface area contributed by atoms with E-state index in [2.05, 4.69) is 10.6 Å². The summed E-state index contributed by atoms with van der Waals surface area (Å²) in [5, 5.41) is 17.5. The zero-order valence-electron chi connectivity index (χ0n) is 15.0. The Morgan fingerprint density at radius 3 is 2.59 bits per heavy atom. The molecule has 0 aliphatic heterocycles. The third-order valence-corrected chi connectivity index (χ3v) is 6.31. The number of thiophene rings is 2. The molecule has 1 atom stereocenters. The molecule has 0 fully saturated rings. The molecule has 3 N–H and O–H groups in total. The van der Waals surface area contributed by atoms with Crippen molar-refractivity contribution in [3.8, 4) is 0 Å². The second-order valence-electron chi connectivity index (χ2n) is 6.11. The van der Waals surface area contributed by atoms with E-state index in [4.69, 9.17) is 0 Å². The maximum Gasteiger partial charge on any atom is 0.313 e. The van der Waals surface area contributed by atoms with Crippen molar-refractivity contribution >= 4 is 40.2 Å². The fourth-order valence-electron chi connectivity index (χ4n) is 2.54. The third-order valence-electron chi connectivity index (χ3n) is 4.25. The van der Waals surface area contributed by atoms with Crippen LogP contribution in [0.5, 0.6) is 0 Å². The SMILES string of the molecule is Cc1cccc(NC(=O)C(=O)NCc2ccc(C(O)c3cccs3)s2)c1C. The van der Waals surface area contributed by atoms with Gasteiger partial charge in [0.1, 0.15) is 6.10 Å². The highest BCUT2D eigenvalue weighted by Crippen LogP contribution is 2.30. The molecule has 0 saturated carbocycles. The average molecular weight is 401 g/mol. The predicted octanol–water partition coefficient (Wildman–Crippen LogP) is 3.76. The second-order valence-corrected chi connectivity index (χ2v) is 8.29. The minimum Gasteiger partial charge on any atom is -0.382 e. The second kappa shape index (κ2) is 8.47. The minimum absolute atomic E-state index is 0.237. The van der Waals surface area contributed by atoms with E-state index in [0.717, 1.165) is 25.8 Å². The maximum atomic E-state index is 12.1. The summed E-state index contributed by atoms with van der Waals surface area (Å²) in [7, 11) is 0. The van der Waals surface area contributed by atoms with Gasteiger partial charge in [0, 0.05) is 20.3 Å². The highest BCUT2D eigenvalue weighted by Gasteiger charge is 2.17. The Kier molecular flexibility index (Phi) is 6.05. The topological polar surface area (TPSA) is 78.4 Å². The monoisotopic (exact) mass is 400 g/mol. The summed E-state index contributed by atoms with van der Waals surface area (Å²) in [5.74, 6) is -1.39. The summed E-state index contributed by atoms with van der Waals surface area (Å²) < 4.78 is 0. The van der Waals surface area contributed by atoms with Crippen molar-refractivity contribution in [1.82, 2.24) is 5.32 Å². The van der Waals surface area contributed by atoms with E-state index in [1.54, 1.807) is 6.07 Å². The number of aliphatic hydroxyl groups is 1. The van der Waals surface area contributed by atoms with Gasteiger partial charge in [-0.15, -0.1) is 22.7 Å². The lowest BCUT2D eigenvalue weighted by Gasteiger charge is -2.10. The predicted molar refractivity (Wildman–Crippen MR) is 109 cm³/mol. The van der Waals surface area contributed by atoms with Gasteiger partial charge in [0.15, 0.2) is 0 Å². The normalized spacial score (nSPS) is 11.8. The van der Waals surface area contributed by atoms with Gasteiger partial charge in [0.2, 0.25) is 0 Å². The number of aryl methyl sites for hydroxylation is 1. The first-order valence-electron chi connectivity index (χ1n) is 8.41. The molecule has 1 aromatic carbocycles. The highest BCUT2D eigenvalue weighted by atomic mass is 32.1. The van der Waals surface area contributed by atoms with Crippen molar-refractivity contribution in [1.29, 1.82) is 0 Å². The number of hydrogen-bond donors (Lipinski definition) is 3. The van der Waals surface area contributed by atoms with E-state index in [0.29, 0.717) is 5.69 Å². The Morgan fingerprint density at radius 2 is 1.85 bits per heavy atom. The number of aliphatic hydroxyl groups excluding tert-OH is 1. The molecular weight excluding hydrogens is 380 g/mol. The Morgan fingerprint density at radius 1 is 1.04 bits per heavy atom. The lowest BCUT2D eigenvalue weighted by atomic mass is 10.1. The minimum atomic E-state index is -0.695. The first-order valence-corrected chi connectivity index (χ1v) is 10.1. The maximum absolute atomic E-state index is 12.1. The molecule has 0 spiro atoms. The smallest absolute Gasteiger partial charge is 0.313 e. The zero-order valence-corrected chi connectivity index (χ0v) is 16.6. The molecule has 5 nitrogen and oxygen atoms in total. The van der Waals surface area contributed by atoms with Gasteiger partial charge in [-0.25, -0.2) is 0 Å². The molecule has 0 bridgehead atoms. The van der Waals surface area contributed by atoms with Crippen molar-refractivity contribution in [3.63, 3.8) is 0 Å². The number of carbonyl (C=O) groups excluding carboxylic acids is 2. The Hall–Kier alpha value is -2.48. The Balaban J connectivity index is 1.56. The van der Waals surface area contributed by atoms with Crippen molar-refractivity contribution in [2.75, 3.05) is 5.32 Å². The summed E-state index contributed by atoms with van der Waals surface area (Å²) >= 11 is 2.91. The van der Waals surface area contributed by atoms with Gasteiger partial charge in [0.25, 0.3) is 0 Å². The summed E-state index contributed by atoms with van der Waals surface area (Å²) in [4.78, 5) is 26.7. The molecule has 0 saturated heterocycles. The quantitative estimate of drug-likeness (QED) is 0.571. The van der Waals surface area contributed by atoms with Crippen LogP contribution in [-0.2, 0) is 16.1 Å². The van der Waals surface area contributed by atoms with Crippen LogP contribution in [0, 0.1) is 13.8 Å². The van der Waals surface area contributed by atoms with E-state index in [9.17, 15) is 14.7 Å². The lowest BCUT2D eigenvalue weighted by Crippen LogP contribution is -2.35. The van der Waals surface area contributed by atoms with E-state index >= 15 is 0 Å². The van der Waals surface area contributed by atoms with Crippen molar-refractivity contribution < 1.29 is 14.7 Å². The molecule has 2 aromatic heterocycles. The summed E-state index contributed by atoms with van der Waals surface area (Å²) in [5.41, 5.74) is 2.61. The molecule has 0 radical (unpaired) electrons. The van der Waals surface area contributed by atoms with Gasteiger partial charge in [-0.1, -0.05) is 18.2 Å². The van der Waals surface area contributed by atoms with Crippen LogP contribution in [0.25, 0.3) is 0 Å². The first-order chi connectivity index (χ1) is 13.0. The van der Waals surface area contributed by atoms with Gasteiger partial charge in [-0.2, -0.15) is 0 Å². The highest BCUT2D eigenvalue weighted by molar-refractivity contribution is 7.12. The van der Waals surface area contributed by atoms with Crippen molar-refractivity contribution in [2.45, 2.75) is 26.5 Å². The van der Waals surface area contributed by atoms with Crippen LogP contribution in [0.3, 0.4) is 0 Å². The molecule has 1 unspecified atom stereocenters. The molecule has 140 valence electrons. The van der Waals surface area contributed by atoms with E-state index in [1.165, 1.54) is 22.7 Å². The van der Waals surface area contributed by atoms with Gasteiger partial charge in [0.05, 0.1) is 6.54 Å². The molecule has 7 heteroatoms. The Bertz CT molecular complexity index is 948. The van der Waals surface area contributed by atoms with E-state index < -0.39 is 17.9 Å². The third kappa shape index (κ3) is 4.63. The van der Waals surface area contributed by atoms with E-state index in [-0.39, 0.29) is 6.54 Å². The average Bonchev–Trinajstić information content (AvgIpc) is 3.34. The number of anilines is 1. The van der Waals surface area contributed by atoms with Crippen molar-refractivity contribution in [3.05, 3.63) is 73.6 Å². The molecule has 0 aliphatic rings. The number of hydrogen-bond acceptors (Lipinski definition) is 5. The van der Waals surface area contributed by atoms with Crippen LogP contribution in [0.15, 0.2) is 47.8 Å². The molecular formula is C20H20N2O3S2. The van der Waals surface area contributed by atoms with Gasteiger partial charge in [-0.3, -0.25) is 9.59 Å². The summed E-state index contributed by atoms with van der Waals surface area (Å²) in [6.07, 6.45) is -0.660. The van der Waals surface area contributed by atoms with Crippen molar-refractivity contribution in [2.24, 2.45) is 0 Å². The molecule has 2 heterocycles. The van der Waals surface area contributed by atoms with Crippen LogP contribution < -0.4 is 10.6 Å². The van der Waals surface area contributed by atoms with Crippen LogP contribution in [0.4, 0.5) is 5.69 Å². The summed E-state index contributed by atoms with van der Waals surface area (Å²) in [6.45, 7) is 4.08. The Labute approximate surface area is 165 Å². The van der Waals surface area contributed by atoms with Crippen LogP contribution >= 0.6 is 22.7 Å². The molecule has 3 rings (SSSR count). The van der Waals surface area contributed by atoms with Crippen LogP contribution in [-0.4, -0.2) is 16.9 Å². The van der Waals surface area contributed by atoms with Crippen LogP contribution in [0.1, 0.15) is 31.9 Å². The molecule has 0 aliphatic carbocycles. The number of amides is 2. The zero-order chi connectivity index (χ0) is 19.4. The van der Waals surface area contributed by atoms with Gasteiger partial charge >= 0.3 is 11.8 Å². The molecule has 27 heavy (non-hydrogen) atoms. The number of nitrogens with one attached hydrogen (secondary N) is 2. The van der Waals surface area contributed by atoms with E-state index in [1.807, 2.05) is 55.6 Å². The lowest BCUT2D eigenvalue weighted by molar-refractivity contribution is -0.136. The number of benzene rings is 1. The van der Waals surface area contributed by atoms with Gasteiger partial charge < -0.3 is 15.7 Å². The first kappa shape index (κ1) is 19.3. The number of carbonyl (C=O) groups is 2. The fraction of sp³-hybridized carbons (Fsp3) is 0.200. The molecule has 3 aromatic rings. The molecule has 2 amide bonds. The van der Waals surface area contributed by atoms with Gasteiger partial charge in [-0.05, 0) is 54.6 Å². The van der Waals surface area contributed by atoms with Crippen LogP contribution in [0.2, 0.25) is 0 Å². The standard InChI is InChI=1S/C20H20N2O3S2/c1-12-5-3-6-15(13(12)2)22-20(25)19(24)21-11-14-8-9-17(27-14)18(23)16-7-4-10-26-16/h3-10,18,23H,11H2,1-2H3,(H,21,24)(H,22,25). The summed E-state index contributed by atoms with van der Waals surface area (Å²) in [6, 6.07) is 13.0. The largest absolute Gasteiger partial charge is 0.382 e. The fourth-order valence-corrected chi connectivity index (χ4v) is 4.30.